The molecular formula is C16H28O2. The van der Waals surface area contributed by atoms with E-state index in [-0.39, 0.29) is 0 Å². The number of rotatable bonds is 5. The Labute approximate surface area is 112 Å². The molecule has 0 aromatic rings. The number of hydrogen-bond donors (Lipinski definition) is 0. The smallest absolute Gasteiger partial charge is 0.120 e. The van der Waals surface area contributed by atoms with Crippen molar-refractivity contribution >= 4 is 12.6 Å². The van der Waals surface area contributed by atoms with Crippen molar-refractivity contribution in [2.75, 3.05) is 0 Å². The first-order valence-electron chi connectivity index (χ1n) is 7.06. The number of allylic oxidation sites excluding steroid dienone is 2. The minimum Gasteiger partial charge on any atom is -0.303 e. The molecule has 2 nitrogen and oxygen atoms in total. The minimum atomic E-state index is 0.464. The zero-order valence-corrected chi connectivity index (χ0v) is 12.4. The quantitative estimate of drug-likeness (QED) is 0.539. The van der Waals surface area contributed by atoms with Gasteiger partial charge in [0.15, 0.2) is 0 Å². The van der Waals surface area contributed by atoms with Gasteiger partial charge in [-0.1, -0.05) is 39.3 Å². The van der Waals surface area contributed by atoms with Crippen LogP contribution in [0.4, 0.5) is 0 Å². The molecule has 0 aromatic heterocycles. The van der Waals surface area contributed by atoms with Crippen LogP contribution in [0.1, 0.15) is 66.2 Å². The van der Waals surface area contributed by atoms with E-state index in [1.165, 1.54) is 24.8 Å². The molecule has 1 unspecified atom stereocenters. The minimum absolute atomic E-state index is 0.464. The average Bonchev–Trinajstić information content (AvgIpc) is 2.36. The van der Waals surface area contributed by atoms with Gasteiger partial charge in [0.2, 0.25) is 0 Å². The molecule has 0 amide bonds. The standard InChI is InChI=1S/C13H22O.C3H6O/c1-4-11-10-13(2,3)8-7-12(11)6-5-9-14;1-2-3-4/h7,9,11H,4-6,8,10H2,1-3H3;3H,2H2,1H3. The molecule has 1 atom stereocenters. The van der Waals surface area contributed by atoms with E-state index < -0.39 is 0 Å². The van der Waals surface area contributed by atoms with E-state index >= 15 is 0 Å². The summed E-state index contributed by atoms with van der Waals surface area (Å²) in [6.45, 7) is 8.74. The molecule has 18 heavy (non-hydrogen) atoms. The van der Waals surface area contributed by atoms with Crippen molar-refractivity contribution in [2.24, 2.45) is 11.3 Å². The predicted octanol–water partition coefficient (Wildman–Crippen LogP) is 4.33. The van der Waals surface area contributed by atoms with Crippen LogP contribution in [0, 0.1) is 11.3 Å². The summed E-state index contributed by atoms with van der Waals surface area (Å²) in [5.74, 6) is 0.721. The van der Waals surface area contributed by atoms with E-state index in [0.29, 0.717) is 18.3 Å². The Hall–Kier alpha value is -0.920. The van der Waals surface area contributed by atoms with Gasteiger partial charge in [-0.3, -0.25) is 0 Å². The van der Waals surface area contributed by atoms with Crippen LogP contribution < -0.4 is 0 Å². The van der Waals surface area contributed by atoms with Crippen LogP contribution in [-0.4, -0.2) is 12.6 Å². The number of carbonyl (C=O) groups excluding carboxylic acids is 2. The second kappa shape index (κ2) is 9.07. The lowest BCUT2D eigenvalue weighted by Crippen LogP contribution is -2.22. The fourth-order valence-corrected chi connectivity index (χ4v) is 2.39. The SMILES string of the molecule is CCC1CC(C)(C)CC=C1CCC=O.CCC=O. The highest BCUT2D eigenvalue weighted by molar-refractivity contribution is 5.50. The van der Waals surface area contributed by atoms with Crippen LogP contribution in [-0.2, 0) is 9.59 Å². The summed E-state index contributed by atoms with van der Waals surface area (Å²) in [4.78, 5) is 19.5. The third kappa shape index (κ3) is 6.73. The largest absolute Gasteiger partial charge is 0.303 e. The Balaban J connectivity index is 0.000000631. The first-order chi connectivity index (χ1) is 8.50. The van der Waals surface area contributed by atoms with Gasteiger partial charge in [0, 0.05) is 12.8 Å². The summed E-state index contributed by atoms with van der Waals surface area (Å²) in [6, 6.07) is 0. The van der Waals surface area contributed by atoms with Gasteiger partial charge in [-0.05, 0) is 37.0 Å². The monoisotopic (exact) mass is 252 g/mol. The van der Waals surface area contributed by atoms with Gasteiger partial charge in [-0.15, -0.1) is 0 Å². The lowest BCUT2D eigenvalue weighted by molar-refractivity contribution is -0.108. The van der Waals surface area contributed by atoms with Crippen LogP contribution in [0.15, 0.2) is 11.6 Å². The Morgan fingerprint density at radius 1 is 1.28 bits per heavy atom. The van der Waals surface area contributed by atoms with E-state index in [0.717, 1.165) is 24.9 Å². The van der Waals surface area contributed by atoms with Gasteiger partial charge in [0.1, 0.15) is 12.6 Å². The number of carbonyl (C=O) groups is 2. The molecule has 1 rings (SSSR count). The topological polar surface area (TPSA) is 34.1 Å². The molecule has 0 bridgehead atoms. The molecule has 0 spiro atoms. The number of aldehydes is 2. The van der Waals surface area contributed by atoms with Crippen LogP contribution in [0.25, 0.3) is 0 Å². The first-order valence-corrected chi connectivity index (χ1v) is 7.06. The molecule has 0 radical (unpaired) electrons. The average molecular weight is 252 g/mol. The van der Waals surface area contributed by atoms with E-state index in [1.807, 2.05) is 6.92 Å². The lowest BCUT2D eigenvalue weighted by Gasteiger charge is -2.35. The molecule has 0 saturated heterocycles. The zero-order valence-electron chi connectivity index (χ0n) is 12.4. The highest BCUT2D eigenvalue weighted by atomic mass is 16.1. The first kappa shape index (κ1) is 17.1. The highest BCUT2D eigenvalue weighted by Crippen LogP contribution is 2.40. The second-order valence-corrected chi connectivity index (χ2v) is 5.74. The molecule has 0 heterocycles. The molecule has 0 saturated carbocycles. The lowest BCUT2D eigenvalue weighted by atomic mass is 9.71. The van der Waals surface area contributed by atoms with Gasteiger partial charge in [0.25, 0.3) is 0 Å². The zero-order chi connectivity index (χ0) is 14.0. The van der Waals surface area contributed by atoms with Crippen LogP contribution in [0.3, 0.4) is 0 Å². The molecule has 1 aliphatic rings. The summed E-state index contributed by atoms with van der Waals surface area (Å²) in [6.07, 6.45) is 10.3. The summed E-state index contributed by atoms with van der Waals surface area (Å²) in [5, 5.41) is 0. The molecule has 0 fully saturated rings. The Kier molecular flexibility index (Phi) is 8.61. The van der Waals surface area contributed by atoms with Crippen molar-refractivity contribution in [1.29, 1.82) is 0 Å². The maximum absolute atomic E-state index is 10.3. The van der Waals surface area contributed by atoms with E-state index in [1.54, 1.807) is 0 Å². The summed E-state index contributed by atoms with van der Waals surface area (Å²) < 4.78 is 0. The maximum atomic E-state index is 10.3. The maximum Gasteiger partial charge on any atom is 0.120 e. The van der Waals surface area contributed by atoms with Gasteiger partial charge >= 0.3 is 0 Å². The van der Waals surface area contributed by atoms with Gasteiger partial charge in [-0.2, -0.15) is 0 Å². The molecule has 1 aliphatic carbocycles. The van der Waals surface area contributed by atoms with E-state index in [4.69, 9.17) is 0 Å². The molecule has 104 valence electrons. The fraction of sp³-hybridized carbons (Fsp3) is 0.750. The predicted molar refractivity (Wildman–Crippen MR) is 76.5 cm³/mol. The second-order valence-electron chi connectivity index (χ2n) is 5.74. The highest BCUT2D eigenvalue weighted by Gasteiger charge is 2.27. The van der Waals surface area contributed by atoms with Crippen molar-refractivity contribution in [2.45, 2.75) is 66.2 Å². The summed E-state index contributed by atoms with van der Waals surface area (Å²) in [7, 11) is 0. The van der Waals surface area contributed by atoms with Gasteiger partial charge in [0.05, 0.1) is 0 Å². The Morgan fingerprint density at radius 3 is 2.33 bits per heavy atom. The van der Waals surface area contributed by atoms with Crippen molar-refractivity contribution in [3.8, 4) is 0 Å². The van der Waals surface area contributed by atoms with Crippen molar-refractivity contribution in [1.82, 2.24) is 0 Å². The molecular weight excluding hydrogens is 224 g/mol. The van der Waals surface area contributed by atoms with Crippen LogP contribution >= 0.6 is 0 Å². The summed E-state index contributed by atoms with van der Waals surface area (Å²) >= 11 is 0. The van der Waals surface area contributed by atoms with Crippen molar-refractivity contribution in [3.05, 3.63) is 11.6 Å². The van der Waals surface area contributed by atoms with Crippen LogP contribution in [0.2, 0.25) is 0 Å². The van der Waals surface area contributed by atoms with E-state index in [2.05, 4.69) is 26.8 Å². The molecule has 0 aliphatic heterocycles. The van der Waals surface area contributed by atoms with Gasteiger partial charge < -0.3 is 9.59 Å². The van der Waals surface area contributed by atoms with Crippen molar-refractivity contribution in [3.63, 3.8) is 0 Å². The third-order valence-corrected chi connectivity index (χ3v) is 3.45. The fourth-order valence-electron chi connectivity index (χ4n) is 2.39. The third-order valence-electron chi connectivity index (χ3n) is 3.45. The van der Waals surface area contributed by atoms with E-state index in [9.17, 15) is 9.59 Å². The van der Waals surface area contributed by atoms with Crippen molar-refractivity contribution < 1.29 is 9.59 Å². The molecule has 2 heteroatoms. The Bertz CT molecular complexity index is 277. The molecule has 0 aromatic carbocycles. The summed E-state index contributed by atoms with van der Waals surface area (Å²) in [5.41, 5.74) is 1.99. The van der Waals surface area contributed by atoms with Gasteiger partial charge in [-0.25, -0.2) is 0 Å². The Morgan fingerprint density at radius 2 is 1.89 bits per heavy atom. The number of hydrogen-bond acceptors (Lipinski definition) is 2. The van der Waals surface area contributed by atoms with Crippen LogP contribution in [0.5, 0.6) is 0 Å². The normalized spacial score (nSPS) is 21.3. The molecule has 0 N–H and O–H groups in total.